The number of aromatic hydroxyl groups is 1. The Morgan fingerprint density at radius 1 is 0.838 bits per heavy atom. The zero-order valence-electron chi connectivity index (χ0n) is 19.4. The second-order valence-corrected chi connectivity index (χ2v) is 8.55. The molecule has 0 aliphatic carbocycles. The third-order valence-corrected chi connectivity index (χ3v) is 6.24. The first kappa shape index (κ1) is 27.5. The molecular formula is C22H28O15. The fourth-order valence-corrected chi connectivity index (χ4v) is 4.18. The van der Waals surface area contributed by atoms with Crippen molar-refractivity contribution in [2.45, 2.75) is 61.4 Å². The Balaban J connectivity index is 1.69. The molecule has 0 unspecified atom stereocenters. The number of aliphatic hydroxyl groups is 7. The van der Waals surface area contributed by atoms with Gasteiger partial charge in [0, 0.05) is 12.1 Å². The molecular weight excluding hydrogens is 504 g/mol. The molecule has 10 atom stereocenters. The van der Waals surface area contributed by atoms with E-state index in [0.29, 0.717) is 0 Å². The van der Waals surface area contributed by atoms with Gasteiger partial charge in [0.25, 0.3) is 0 Å². The lowest BCUT2D eigenvalue weighted by molar-refractivity contribution is -0.358. The summed E-state index contributed by atoms with van der Waals surface area (Å²) < 4.78 is 32.4. The van der Waals surface area contributed by atoms with Gasteiger partial charge in [-0.25, -0.2) is 4.79 Å². The van der Waals surface area contributed by atoms with Gasteiger partial charge >= 0.3 is 5.63 Å². The van der Waals surface area contributed by atoms with Crippen LogP contribution in [0.25, 0.3) is 11.0 Å². The molecule has 2 aliphatic rings. The summed E-state index contributed by atoms with van der Waals surface area (Å²) in [5.74, 6) is -0.899. The van der Waals surface area contributed by atoms with Crippen molar-refractivity contribution in [3.05, 3.63) is 28.6 Å². The van der Waals surface area contributed by atoms with Crippen LogP contribution in [0.3, 0.4) is 0 Å². The fraction of sp³-hybridized carbons (Fsp3) is 0.591. The Kier molecular flexibility index (Phi) is 8.20. The van der Waals surface area contributed by atoms with Crippen LogP contribution in [-0.4, -0.2) is 123 Å². The van der Waals surface area contributed by atoms with Gasteiger partial charge in [0.1, 0.15) is 48.5 Å². The SMILES string of the molecule is COc1cc(O[C@H]2O[C@H](CO)[C@@H](O)[C@H](O)[C@H]2O[C@@H]2O[C@H](CO)[C@@H](O)[C@H](O)[C@H]2O)c(O)c2oc(=O)ccc12. The third kappa shape index (κ3) is 5.10. The van der Waals surface area contributed by atoms with Crippen LogP contribution in [0.2, 0.25) is 0 Å². The number of ether oxygens (including phenoxy) is 5. The van der Waals surface area contributed by atoms with Crippen molar-refractivity contribution in [1.82, 2.24) is 0 Å². The molecule has 1 aromatic heterocycles. The number of phenols is 1. The van der Waals surface area contributed by atoms with Gasteiger partial charge in [-0.1, -0.05) is 0 Å². The highest BCUT2D eigenvalue weighted by Crippen LogP contribution is 2.41. The number of phenolic OH excluding ortho intramolecular Hbond substituents is 1. The van der Waals surface area contributed by atoms with Gasteiger partial charge in [-0.15, -0.1) is 0 Å². The lowest BCUT2D eigenvalue weighted by atomic mass is 9.97. The molecule has 2 fully saturated rings. The molecule has 1 aromatic carbocycles. The van der Waals surface area contributed by atoms with E-state index in [1.807, 2.05) is 0 Å². The van der Waals surface area contributed by atoms with E-state index in [1.54, 1.807) is 0 Å². The van der Waals surface area contributed by atoms with E-state index < -0.39 is 86.0 Å². The molecule has 2 aromatic rings. The Bertz CT molecular complexity index is 1130. The van der Waals surface area contributed by atoms with E-state index in [4.69, 9.17) is 28.1 Å². The lowest BCUT2D eigenvalue weighted by Gasteiger charge is -2.45. The number of hydrogen-bond acceptors (Lipinski definition) is 15. The Morgan fingerprint density at radius 2 is 1.46 bits per heavy atom. The number of aliphatic hydroxyl groups excluding tert-OH is 7. The summed E-state index contributed by atoms with van der Waals surface area (Å²) in [4.78, 5) is 11.7. The summed E-state index contributed by atoms with van der Waals surface area (Å²) in [6, 6.07) is 3.69. The maximum Gasteiger partial charge on any atom is 0.336 e. The van der Waals surface area contributed by atoms with Crippen LogP contribution < -0.4 is 15.1 Å². The van der Waals surface area contributed by atoms with Gasteiger partial charge in [-0.3, -0.25) is 0 Å². The van der Waals surface area contributed by atoms with E-state index >= 15 is 0 Å². The van der Waals surface area contributed by atoms with E-state index in [9.17, 15) is 45.6 Å². The molecule has 8 N–H and O–H groups in total. The Morgan fingerprint density at radius 3 is 2.08 bits per heavy atom. The second kappa shape index (κ2) is 11.0. The maximum absolute atomic E-state index is 11.7. The predicted molar refractivity (Wildman–Crippen MR) is 118 cm³/mol. The smallest absolute Gasteiger partial charge is 0.336 e. The van der Waals surface area contributed by atoms with Gasteiger partial charge in [-0.05, 0) is 6.07 Å². The summed E-state index contributed by atoms with van der Waals surface area (Å²) in [7, 11) is 1.31. The molecule has 0 saturated carbocycles. The highest BCUT2D eigenvalue weighted by atomic mass is 16.8. The van der Waals surface area contributed by atoms with Gasteiger partial charge in [0.15, 0.2) is 23.7 Å². The Labute approximate surface area is 208 Å². The monoisotopic (exact) mass is 532 g/mol. The summed E-state index contributed by atoms with van der Waals surface area (Å²) in [5, 5.41) is 81.4. The van der Waals surface area contributed by atoms with Crippen molar-refractivity contribution in [3.63, 3.8) is 0 Å². The zero-order chi connectivity index (χ0) is 27.0. The van der Waals surface area contributed by atoms with E-state index in [1.165, 1.54) is 19.2 Å². The predicted octanol–water partition coefficient (Wildman–Crippen LogP) is -3.49. The number of fused-ring (bicyclic) bond motifs is 1. The normalized spacial score (nSPS) is 36.4. The van der Waals surface area contributed by atoms with Crippen molar-refractivity contribution in [3.8, 4) is 17.2 Å². The van der Waals surface area contributed by atoms with Gasteiger partial charge < -0.3 is 69.0 Å². The number of benzene rings is 1. The maximum atomic E-state index is 11.7. The number of methoxy groups -OCH3 is 1. The van der Waals surface area contributed by atoms with Crippen molar-refractivity contribution < 1.29 is 69.0 Å². The molecule has 37 heavy (non-hydrogen) atoms. The first-order valence-corrected chi connectivity index (χ1v) is 11.2. The molecule has 2 saturated heterocycles. The fourth-order valence-electron chi connectivity index (χ4n) is 4.18. The summed E-state index contributed by atoms with van der Waals surface area (Å²) in [6.07, 6.45) is -16.7. The summed E-state index contributed by atoms with van der Waals surface area (Å²) in [5.41, 5.74) is -1.07. The molecule has 4 rings (SSSR count). The van der Waals surface area contributed by atoms with Crippen molar-refractivity contribution in [1.29, 1.82) is 0 Å². The minimum Gasteiger partial charge on any atom is -0.502 e. The highest BCUT2D eigenvalue weighted by Gasteiger charge is 2.51. The van der Waals surface area contributed by atoms with E-state index in [-0.39, 0.29) is 22.5 Å². The largest absolute Gasteiger partial charge is 0.502 e. The molecule has 15 heteroatoms. The zero-order valence-corrected chi connectivity index (χ0v) is 19.4. The standard InChI is InChI=1S/C22H28O15/c1-32-8-4-9(15(28)19-7(8)2-3-12(25)36-19)33-22-20(17(30)14(27)11(6-24)35-22)37-21-18(31)16(29)13(26)10(5-23)34-21/h2-4,10-11,13-14,16-18,20-24,26-31H,5-6H2,1H3/t10-,11-,13-,14-,16+,17+,18-,20-,21+,22+/m1/s1. The van der Waals surface area contributed by atoms with Crippen LogP contribution in [0.1, 0.15) is 0 Å². The van der Waals surface area contributed by atoms with Crippen LogP contribution in [0.15, 0.2) is 27.4 Å². The minimum atomic E-state index is -1.86. The molecule has 15 nitrogen and oxygen atoms in total. The van der Waals surface area contributed by atoms with Crippen LogP contribution >= 0.6 is 0 Å². The number of hydrogen-bond donors (Lipinski definition) is 8. The average molecular weight is 532 g/mol. The topological polar surface area (TPSA) is 238 Å². The van der Waals surface area contributed by atoms with Crippen molar-refractivity contribution in [2.75, 3.05) is 20.3 Å². The van der Waals surface area contributed by atoms with Crippen LogP contribution in [0.5, 0.6) is 17.2 Å². The van der Waals surface area contributed by atoms with E-state index in [2.05, 4.69) is 0 Å². The quantitative estimate of drug-likeness (QED) is 0.162. The van der Waals surface area contributed by atoms with Crippen molar-refractivity contribution >= 4 is 11.0 Å². The molecule has 2 aliphatic heterocycles. The minimum absolute atomic E-state index is 0.119. The first-order chi connectivity index (χ1) is 17.6. The first-order valence-electron chi connectivity index (χ1n) is 11.2. The highest BCUT2D eigenvalue weighted by molar-refractivity contribution is 5.90. The Hall–Kier alpha value is -2.57. The van der Waals surface area contributed by atoms with Crippen LogP contribution in [-0.2, 0) is 14.2 Å². The molecule has 3 heterocycles. The van der Waals surface area contributed by atoms with Gasteiger partial charge in [0.2, 0.25) is 12.0 Å². The van der Waals surface area contributed by atoms with Crippen LogP contribution in [0, 0.1) is 0 Å². The van der Waals surface area contributed by atoms with Gasteiger partial charge in [0.05, 0.1) is 25.7 Å². The molecule has 0 bridgehead atoms. The van der Waals surface area contributed by atoms with Crippen LogP contribution in [0.4, 0.5) is 0 Å². The van der Waals surface area contributed by atoms with Gasteiger partial charge in [-0.2, -0.15) is 0 Å². The van der Waals surface area contributed by atoms with Crippen molar-refractivity contribution in [2.24, 2.45) is 0 Å². The van der Waals surface area contributed by atoms with E-state index in [0.717, 1.165) is 6.07 Å². The summed E-state index contributed by atoms with van der Waals surface area (Å²) in [6.45, 7) is -1.51. The number of rotatable bonds is 7. The summed E-state index contributed by atoms with van der Waals surface area (Å²) >= 11 is 0. The molecule has 0 amide bonds. The molecule has 0 radical (unpaired) electrons. The average Bonchev–Trinajstić information content (AvgIpc) is 2.89. The second-order valence-electron chi connectivity index (χ2n) is 8.55. The molecule has 206 valence electrons. The lowest BCUT2D eigenvalue weighted by Crippen LogP contribution is -2.65. The third-order valence-electron chi connectivity index (χ3n) is 6.24. The molecule has 0 spiro atoms.